The van der Waals surface area contributed by atoms with E-state index in [1.165, 1.54) is 11.3 Å². The third-order valence-corrected chi connectivity index (χ3v) is 5.86. The maximum atomic E-state index is 13.7. The Labute approximate surface area is 134 Å². The fourth-order valence-electron chi connectivity index (χ4n) is 2.28. The van der Waals surface area contributed by atoms with Gasteiger partial charge in [-0.1, -0.05) is 25.7 Å². The molecule has 0 aliphatic heterocycles. The summed E-state index contributed by atoms with van der Waals surface area (Å²) in [6.07, 6.45) is -1.65. The topological polar surface area (TPSA) is 12.5 Å². The van der Waals surface area contributed by atoms with Crippen LogP contribution in [0.1, 0.15) is 4.88 Å². The highest BCUT2D eigenvalue weighted by molar-refractivity contribution is 7.11. The number of thiophene rings is 1. The molecule has 0 aliphatic carbocycles. The SMILES string of the molecule is COc1ccc(N(C(=C(F)F)c2cccs2)[Si](C)(C)C)cc1. The fraction of sp³-hybridized carbons (Fsp3) is 0.250. The molecule has 0 amide bonds. The molecule has 0 saturated carbocycles. The molecule has 1 heterocycles. The maximum Gasteiger partial charge on any atom is 0.294 e. The minimum absolute atomic E-state index is 0.0133. The van der Waals surface area contributed by atoms with Crippen LogP contribution in [0.15, 0.2) is 47.9 Å². The summed E-state index contributed by atoms with van der Waals surface area (Å²) < 4.78 is 34.4. The molecule has 0 spiro atoms. The average Bonchev–Trinajstić information content (AvgIpc) is 2.97. The van der Waals surface area contributed by atoms with E-state index in [1.54, 1.807) is 35.9 Å². The van der Waals surface area contributed by atoms with Crippen LogP contribution in [-0.4, -0.2) is 15.3 Å². The molecule has 0 fully saturated rings. The molecule has 0 radical (unpaired) electrons. The van der Waals surface area contributed by atoms with Crippen molar-refractivity contribution in [1.82, 2.24) is 0 Å². The van der Waals surface area contributed by atoms with Gasteiger partial charge in [-0.15, -0.1) is 11.3 Å². The van der Waals surface area contributed by atoms with E-state index in [0.29, 0.717) is 10.6 Å². The molecule has 0 aliphatic rings. The lowest BCUT2D eigenvalue weighted by Gasteiger charge is -2.37. The van der Waals surface area contributed by atoms with Gasteiger partial charge in [0.15, 0.2) is 8.24 Å². The quantitative estimate of drug-likeness (QED) is 0.651. The van der Waals surface area contributed by atoms with Crippen LogP contribution in [0, 0.1) is 0 Å². The van der Waals surface area contributed by atoms with E-state index in [9.17, 15) is 8.78 Å². The minimum Gasteiger partial charge on any atom is -0.497 e. The van der Waals surface area contributed by atoms with Gasteiger partial charge >= 0.3 is 0 Å². The van der Waals surface area contributed by atoms with Gasteiger partial charge in [0, 0.05) is 5.69 Å². The summed E-state index contributed by atoms with van der Waals surface area (Å²) in [5.41, 5.74) is 0.774. The van der Waals surface area contributed by atoms with E-state index in [4.69, 9.17) is 4.74 Å². The molecule has 118 valence electrons. The van der Waals surface area contributed by atoms with Crippen molar-refractivity contribution in [2.24, 2.45) is 0 Å². The first-order valence-electron chi connectivity index (χ1n) is 6.88. The fourth-order valence-corrected chi connectivity index (χ4v) is 4.91. The first-order chi connectivity index (χ1) is 10.3. The number of methoxy groups -OCH3 is 1. The molecule has 0 bridgehead atoms. The number of rotatable bonds is 5. The zero-order valence-electron chi connectivity index (χ0n) is 13.1. The van der Waals surface area contributed by atoms with Crippen molar-refractivity contribution in [3.8, 4) is 5.75 Å². The monoisotopic (exact) mass is 339 g/mol. The molecular weight excluding hydrogens is 320 g/mol. The predicted octanol–water partition coefficient (Wildman–Crippen LogP) is 5.66. The van der Waals surface area contributed by atoms with Crippen LogP contribution in [0.5, 0.6) is 5.75 Å². The van der Waals surface area contributed by atoms with Gasteiger partial charge in [0.1, 0.15) is 11.4 Å². The molecule has 22 heavy (non-hydrogen) atoms. The Kier molecular flexibility index (Phi) is 5.03. The second kappa shape index (κ2) is 6.62. The summed E-state index contributed by atoms with van der Waals surface area (Å²) in [7, 11) is -0.489. The van der Waals surface area contributed by atoms with Gasteiger partial charge in [-0.25, -0.2) is 0 Å². The van der Waals surface area contributed by atoms with Crippen molar-refractivity contribution in [2.75, 3.05) is 11.7 Å². The highest BCUT2D eigenvalue weighted by Gasteiger charge is 2.31. The number of nitrogens with zero attached hydrogens (tertiary/aromatic N) is 1. The molecular formula is C16H19F2NOSSi. The summed E-state index contributed by atoms with van der Waals surface area (Å²) in [6, 6.07) is 10.8. The normalized spacial score (nSPS) is 11.2. The lowest BCUT2D eigenvalue weighted by atomic mass is 10.2. The lowest BCUT2D eigenvalue weighted by Crippen LogP contribution is -2.45. The molecule has 0 unspecified atom stereocenters. The van der Waals surface area contributed by atoms with Gasteiger partial charge in [-0.3, -0.25) is 0 Å². The first-order valence-corrected chi connectivity index (χ1v) is 11.2. The van der Waals surface area contributed by atoms with Crippen molar-refractivity contribution in [1.29, 1.82) is 0 Å². The Morgan fingerprint density at radius 1 is 1.09 bits per heavy atom. The Morgan fingerprint density at radius 3 is 2.14 bits per heavy atom. The van der Waals surface area contributed by atoms with Crippen molar-refractivity contribution in [3.63, 3.8) is 0 Å². The van der Waals surface area contributed by atoms with E-state index in [-0.39, 0.29) is 5.70 Å². The standard InChI is InChI=1S/C16H19F2NOSSi/c1-20-13-9-7-12(8-10-13)19(22(2,3)4)15(16(17)18)14-6-5-11-21-14/h5-11H,1-4H3. The summed E-state index contributed by atoms with van der Waals surface area (Å²) >= 11 is 1.32. The van der Waals surface area contributed by atoms with Gasteiger partial charge in [0.2, 0.25) is 0 Å². The molecule has 1 aromatic carbocycles. The van der Waals surface area contributed by atoms with Gasteiger partial charge in [-0.05, 0) is 35.7 Å². The van der Waals surface area contributed by atoms with Crippen LogP contribution in [0.3, 0.4) is 0 Å². The van der Waals surface area contributed by atoms with Crippen molar-refractivity contribution in [2.45, 2.75) is 19.6 Å². The first kappa shape index (κ1) is 16.7. The number of ether oxygens (including phenoxy) is 1. The Hall–Kier alpha value is -1.66. The molecule has 2 nitrogen and oxygen atoms in total. The van der Waals surface area contributed by atoms with Crippen LogP contribution in [-0.2, 0) is 0 Å². The van der Waals surface area contributed by atoms with E-state index >= 15 is 0 Å². The smallest absolute Gasteiger partial charge is 0.294 e. The van der Waals surface area contributed by atoms with Crippen LogP contribution in [0.25, 0.3) is 5.70 Å². The van der Waals surface area contributed by atoms with Crippen LogP contribution in [0.4, 0.5) is 14.5 Å². The Balaban J connectivity index is 2.56. The Bertz CT molecular complexity index is 644. The largest absolute Gasteiger partial charge is 0.497 e. The molecule has 0 saturated heterocycles. The van der Waals surface area contributed by atoms with Crippen LogP contribution in [0.2, 0.25) is 19.6 Å². The van der Waals surface area contributed by atoms with E-state index in [2.05, 4.69) is 0 Å². The molecule has 6 heteroatoms. The summed E-state index contributed by atoms with van der Waals surface area (Å²) in [5, 5.41) is 1.81. The average molecular weight is 339 g/mol. The molecule has 0 atom stereocenters. The third kappa shape index (κ3) is 3.56. The molecule has 2 rings (SSSR count). The van der Waals surface area contributed by atoms with E-state index in [0.717, 1.165) is 5.69 Å². The summed E-state index contributed by atoms with van der Waals surface area (Å²) in [6.45, 7) is 6.15. The van der Waals surface area contributed by atoms with Gasteiger partial charge in [0.05, 0.1) is 12.0 Å². The Morgan fingerprint density at radius 2 is 1.73 bits per heavy atom. The number of halogens is 2. The second-order valence-electron chi connectivity index (χ2n) is 5.79. The lowest BCUT2D eigenvalue weighted by molar-refractivity contribution is 0.415. The highest BCUT2D eigenvalue weighted by Crippen LogP contribution is 2.37. The zero-order valence-corrected chi connectivity index (χ0v) is 14.9. The summed E-state index contributed by atoms with van der Waals surface area (Å²) in [4.78, 5) is 0.582. The second-order valence-corrected chi connectivity index (χ2v) is 11.5. The van der Waals surface area contributed by atoms with E-state index < -0.39 is 14.3 Å². The van der Waals surface area contributed by atoms with Crippen molar-refractivity contribution in [3.05, 3.63) is 52.7 Å². The van der Waals surface area contributed by atoms with Crippen molar-refractivity contribution >= 4 is 31.0 Å². The number of benzene rings is 1. The molecule has 0 N–H and O–H groups in total. The zero-order chi connectivity index (χ0) is 16.3. The van der Waals surface area contributed by atoms with Crippen molar-refractivity contribution < 1.29 is 13.5 Å². The van der Waals surface area contributed by atoms with Crippen LogP contribution >= 0.6 is 11.3 Å². The summed E-state index contributed by atoms with van der Waals surface area (Å²) in [5.74, 6) is 0.710. The van der Waals surface area contributed by atoms with E-state index in [1.807, 2.05) is 37.2 Å². The van der Waals surface area contributed by atoms with Gasteiger partial charge < -0.3 is 9.30 Å². The molecule has 1 aromatic heterocycles. The minimum atomic E-state index is -2.08. The number of hydrogen-bond donors (Lipinski definition) is 0. The third-order valence-electron chi connectivity index (χ3n) is 3.16. The van der Waals surface area contributed by atoms with Crippen LogP contribution < -0.4 is 9.30 Å². The molecule has 2 aromatic rings. The highest BCUT2D eigenvalue weighted by atomic mass is 32.1. The van der Waals surface area contributed by atoms with Gasteiger partial charge in [-0.2, -0.15) is 8.78 Å². The maximum absolute atomic E-state index is 13.7. The number of anilines is 1. The van der Waals surface area contributed by atoms with Gasteiger partial charge in [0.25, 0.3) is 6.08 Å². The number of hydrogen-bond acceptors (Lipinski definition) is 3. The predicted molar refractivity (Wildman–Crippen MR) is 92.3 cm³/mol.